The van der Waals surface area contributed by atoms with Gasteiger partial charge in [-0.2, -0.15) is 0 Å². The Morgan fingerprint density at radius 2 is 1.43 bits per heavy atom. The Hall–Kier alpha value is -3.71. The molecular weight excluding hydrogens is 480 g/mol. The maximum atomic E-state index is 13.2. The van der Waals surface area contributed by atoms with Crippen molar-refractivity contribution in [2.75, 3.05) is 13.1 Å². The van der Waals surface area contributed by atoms with Gasteiger partial charge in [0.25, 0.3) is 0 Å². The number of aliphatic imine (C=N–C) groups is 1. The third kappa shape index (κ3) is 12.7. The summed E-state index contributed by atoms with van der Waals surface area (Å²) in [6.45, 7) is 2.12. The molecule has 13 nitrogen and oxygen atoms in total. The number of benzene rings is 1. The van der Waals surface area contributed by atoms with Crippen LogP contribution in [0.1, 0.15) is 44.6 Å². The lowest BCUT2D eigenvalue weighted by atomic mass is 10.0. The second kappa shape index (κ2) is 16.9. The molecule has 0 aliphatic heterocycles. The average Bonchev–Trinajstić information content (AvgIpc) is 2.84. The maximum Gasteiger partial charge on any atom is 0.326 e. The van der Waals surface area contributed by atoms with E-state index in [1.807, 2.05) is 6.07 Å². The van der Waals surface area contributed by atoms with Crippen molar-refractivity contribution in [2.45, 2.75) is 69.6 Å². The number of carbonyl (C=O) groups excluding carboxylic acids is 3. The number of nitrogens with one attached hydrogen (secondary N) is 3. The van der Waals surface area contributed by atoms with Gasteiger partial charge in [-0.25, -0.2) is 4.79 Å². The van der Waals surface area contributed by atoms with E-state index in [0.29, 0.717) is 25.8 Å². The molecule has 206 valence electrons. The van der Waals surface area contributed by atoms with Gasteiger partial charge >= 0.3 is 5.97 Å². The number of nitrogens with two attached hydrogens (primary N) is 4. The molecule has 13 heteroatoms. The van der Waals surface area contributed by atoms with Crippen LogP contribution in [0.2, 0.25) is 0 Å². The van der Waals surface area contributed by atoms with Gasteiger partial charge in [0.15, 0.2) is 5.96 Å². The summed E-state index contributed by atoms with van der Waals surface area (Å²) in [4.78, 5) is 54.1. The van der Waals surface area contributed by atoms with E-state index >= 15 is 0 Å². The van der Waals surface area contributed by atoms with Crippen molar-refractivity contribution in [1.82, 2.24) is 16.0 Å². The Morgan fingerprint density at radius 1 is 0.865 bits per heavy atom. The van der Waals surface area contributed by atoms with Crippen molar-refractivity contribution in [3.05, 3.63) is 35.9 Å². The number of amides is 3. The summed E-state index contributed by atoms with van der Waals surface area (Å²) in [7, 11) is 0. The van der Waals surface area contributed by atoms with Gasteiger partial charge in [0.05, 0.1) is 6.04 Å². The number of carboxylic acid groups (broad SMARTS) is 1. The van der Waals surface area contributed by atoms with E-state index in [1.165, 1.54) is 6.92 Å². The number of guanidine groups is 1. The fraction of sp³-hybridized carbons (Fsp3) is 0.542. The molecule has 0 aliphatic carbocycles. The molecule has 12 N–H and O–H groups in total. The molecule has 37 heavy (non-hydrogen) atoms. The van der Waals surface area contributed by atoms with Crippen LogP contribution in [0.25, 0.3) is 0 Å². The van der Waals surface area contributed by atoms with Crippen LogP contribution >= 0.6 is 0 Å². The quantitative estimate of drug-likeness (QED) is 0.0662. The summed E-state index contributed by atoms with van der Waals surface area (Å²) in [5.74, 6) is -3.10. The average molecular weight is 521 g/mol. The molecule has 4 atom stereocenters. The molecule has 3 amide bonds. The molecule has 1 rings (SSSR count). The predicted octanol–water partition coefficient (Wildman–Crippen LogP) is -1.70. The molecule has 0 saturated carbocycles. The smallest absolute Gasteiger partial charge is 0.326 e. The summed E-state index contributed by atoms with van der Waals surface area (Å²) < 4.78 is 0. The first-order valence-electron chi connectivity index (χ1n) is 12.2. The van der Waals surface area contributed by atoms with Gasteiger partial charge in [-0.1, -0.05) is 30.3 Å². The van der Waals surface area contributed by atoms with Crippen molar-refractivity contribution in [1.29, 1.82) is 0 Å². The fourth-order valence-corrected chi connectivity index (χ4v) is 3.43. The number of hydrogen-bond donors (Lipinski definition) is 8. The molecule has 0 bridgehead atoms. The third-order valence-corrected chi connectivity index (χ3v) is 5.47. The third-order valence-electron chi connectivity index (χ3n) is 5.47. The van der Waals surface area contributed by atoms with Gasteiger partial charge in [0.1, 0.15) is 18.1 Å². The molecule has 1 aromatic rings. The first kappa shape index (κ1) is 31.3. The molecule has 1 aromatic carbocycles. The standard InChI is InChI=1S/C24H40N8O5/c1-15(26)20(33)30-17(11-7-13-29-24(27)28)21(34)32-19(14-16-8-3-2-4-9-16)22(35)31-18(23(36)37)10-5-6-12-25/h2-4,8-9,15,17-19H,5-7,10-14,25-26H2,1H3,(H,30,33)(H,31,35)(H,32,34)(H,36,37)(H4,27,28,29). The normalized spacial score (nSPS) is 13.9. The molecule has 0 radical (unpaired) electrons. The highest BCUT2D eigenvalue weighted by Gasteiger charge is 2.30. The van der Waals surface area contributed by atoms with Crippen molar-refractivity contribution in [2.24, 2.45) is 27.9 Å². The van der Waals surface area contributed by atoms with Crippen LogP contribution in [-0.4, -0.2) is 72.0 Å². The van der Waals surface area contributed by atoms with E-state index in [4.69, 9.17) is 22.9 Å². The van der Waals surface area contributed by atoms with Crippen LogP contribution in [0.15, 0.2) is 35.3 Å². The highest BCUT2D eigenvalue weighted by atomic mass is 16.4. The van der Waals surface area contributed by atoms with Gasteiger partial charge in [-0.05, 0) is 51.1 Å². The Labute approximate surface area is 216 Å². The van der Waals surface area contributed by atoms with E-state index in [1.54, 1.807) is 24.3 Å². The number of nitrogens with zero attached hydrogens (tertiary/aromatic N) is 1. The van der Waals surface area contributed by atoms with Crippen LogP contribution in [0, 0.1) is 0 Å². The zero-order valence-electron chi connectivity index (χ0n) is 21.2. The van der Waals surface area contributed by atoms with Crippen LogP contribution < -0.4 is 38.9 Å². The highest BCUT2D eigenvalue weighted by molar-refractivity contribution is 5.94. The summed E-state index contributed by atoms with van der Waals surface area (Å²) in [5, 5.41) is 17.3. The topological polar surface area (TPSA) is 241 Å². The summed E-state index contributed by atoms with van der Waals surface area (Å²) in [6, 6.07) is 4.84. The number of hydrogen-bond acceptors (Lipinski definition) is 7. The SMILES string of the molecule is CC(N)C(=O)NC(CCCN=C(N)N)C(=O)NC(Cc1ccccc1)C(=O)NC(CCCCN)C(=O)O. The molecule has 4 unspecified atom stereocenters. The predicted molar refractivity (Wildman–Crippen MR) is 140 cm³/mol. The van der Waals surface area contributed by atoms with E-state index in [2.05, 4.69) is 20.9 Å². The lowest BCUT2D eigenvalue weighted by Crippen LogP contribution is -2.57. The van der Waals surface area contributed by atoms with Crippen LogP contribution in [-0.2, 0) is 25.6 Å². The highest BCUT2D eigenvalue weighted by Crippen LogP contribution is 2.08. The monoisotopic (exact) mass is 520 g/mol. The Kier molecular flexibility index (Phi) is 14.3. The molecule has 0 saturated heterocycles. The van der Waals surface area contributed by atoms with E-state index in [0.717, 1.165) is 5.56 Å². The largest absolute Gasteiger partial charge is 0.480 e. The Balaban J connectivity index is 3.07. The molecule has 0 heterocycles. The van der Waals surface area contributed by atoms with Crippen molar-refractivity contribution in [3.8, 4) is 0 Å². The Morgan fingerprint density at radius 3 is 2.00 bits per heavy atom. The fourth-order valence-electron chi connectivity index (χ4n) is 3.43. The maximum absolute atomic E-state index is 13.2. The van der Waals surface area contributed by atoms with Gasteiger partial charge in [-0.15, -0.1) is 0 Å². The molecule has 0 spiro atoms. The van der Waals surface area contributed by atoms with Crippen LogP contribution in [0.5, 0.6) is 0 Å². The summed E-state index contributed by atoms with van der Waals surface area (Å²) in [6.07, 6.45) is 1.98. The zero-order chi connectivity index (χ0) is 27.8. The minimum absolute atomic E-state index is 0.0975. The van der Waals surface area contributed by atoms with Crippen LogP contribution in [0.3, 0.4) is 0 Å². The number of carboxylic acids is 1. The Bertz CT molecular complexity index is 906. The van der Waals surface area contributed by atoms with Gasteiger partial charge in [0.2, 0.25) is 17.7 Å². The van der Waals surface area contributed by atoms with Crippen molar-refractivity contribution in [3.63, 3.8) is 0 Å². The number of rotatable bonds is 17. The first-order valence-corrected chi connectivity index (χ1v) is 12.2. The second-order valence-corrected chi connectivity index (χ2v) is 8.73. The second-order valence-electron chi connectivity index (χ2n) is 8.73. The van der Waals surface area contributed by atoms with Crippen LogP contribution in [0.4, 0.5) is 0 Å². The summed E-state index contributed by atoms with van der Waals surface area (Å²) >= 11 is 0. The summed E-state index contributed by atoms with van der Waals surface area (Å²) in [5.41, 5.74) is 22.5. The van der Waals surface area contributed by atoms with E-state index in [9.17, 15) is 24.3 Å². The zero-order valence-corrected chi connectivity index (χ0v) is 21.2. The minimum atomic E-state index is -1.18. The van der Waals surface area contributed by atoms with Gasteiger partial charge in [-0.3, -0.25) is 19.4 Å². The van der Waals surface area contributed by atoms with Crippen molar-refractivity contribution >= 4 is 29.7 Å². The first-order chi connectivity index (χ1) is 17.5. The van der Waals surface area contributed by atoms with Crippen molar-refractivity contribution < 1.29 is 24.3 Å². The van der Waals surface area contributed by atoms with Gasteiger partial charge in [0, 0.05) is 13.0 Å². The van der Waals surface area contributed by atoms with E-state index in [-0.39, 0.29) is 31.8 Å². The molecule has 0 fully saturated rings. The molecular formula is C24H40N8O5. The number of carbonyl (C=O) groups is 4. The number of unbranched alkanes of at least 4 members (excludes halogenated alkanes) is 1. The number of aliphatic carboxylic acids is 1. The van der Waals surface area contributed by atoms with E-state index < -0.39 is 47.9 Å². The lowest BCUT2D eigenvalue weighted by molar-refractivity contribution is -0.142. The lowest BCUT2D eigenvalue weighted by Gasteiger charge is -2.25. The van der Waals surface area contributed by atoms with Gasteiger partial charge < -0.3 is 44.0 Å². The molecule has 0 aliphatic rings. The molecule has 0 aromatic heterocycles. The minimum Gasteiger partial charge on any atom is -0.480 e.